The van der Waals surface area contributed by atoms with Gasteiger partial charge in [0.1, 0.15) is 11.3 Å². The molecule has 0 aliphatic rings. The number of nitrogens with two attached hydrogens (primary N) is 1. The van der Waals surface area contributed by atoms with E-state index in [1.807, 2.05) is 31.3 Å². The third kappa shape index (κ3) is 2.94. The van der Waals surface area contributed by atoms with Crippen LogP contribution in [0.1, 0.15) is 23.1 Å². The molecule has 0 radical (unpaired) electrons. The van der Waals surface area contributed by atoms with Gasteiger partial charge in [-0.05, 0) is 36.8 Å². The fourth-order valence-electron chi connectivity index (χ4n) is 2.60. The van der Waals surface area contributed by atoms with Crippen LogP contribution in [0.25, 0.3) is 5.52 Å². The summed E-state index contributed by atoms with van der Waals surface area (Å²) in [5, 5.41) is 14.7. The second-order valence-corrected chi connectivity index (χ2v) is 5.75. The van der Waals surface area contributed by atoms with Crippen molar-refractivity contribution in [3.63, 3.8) is 0 Å². The van der Waals surface area contributed by atoms with Crippen LogP contribution < -0.4 is 11.1 Å². The molecule has 7 nitrogen and oxygen atoms in total. The minimum Gasteiger partial charge on any atom is -0.322 e. The van der Waals surface area contributed by atoms with Gasteiger partial charge in [-0.1, -0.05) is 12.1 Å². The van der Waals surface area contributed by atoms with Gasteiger partial charge in [-0.3, -0.25) is 5.10 Å². The van der Waals surface area contributed by atoms with E-state index in [1.165, 1.54) is 12.1 Å². The summed E-state index contributed by atoms with van der Waals surface area (Å²) in [5.74, 6) is 1.36. The van der Waals surface area contributed by atoms with Gasteiger partial charge >= 0.3 is 0 Å². The average molecular weight is 337 g/mol. The highest BCUT2D eigenvalue weighted by Crippen LogP contribution is 2.23. The molecule has 1 atom stereocenters. The molecule has 0 aliphatic carbocycles. The van der Waals surface area contributed by atoms with Crippen molar-refractivity contribution in [3.8, 4) is 0 Å². The third-order valence-corrected chi connectivity index (χ3v) is 3.87. The number of nitrogens with one attached hydrogen (secondary N) is 2. The molecule has 4 aromatic rings. The first kappa shape index (κ1) is 15.3. The van der Waals surface area contributed by atoms with Crippen LogP contribution in [-0.4, -0.2) is 24.8 Å². The Balaban J connectivity index is 1.75. The second-order valence-electron chi connectivity index (χ2n) is 5.75. The molecule has 0 spiro atoms. The maximum absolute atomic E-state index is 13.1. The molecular weight excluding hydrogens is 321 g/mol. The van der Waals surface area contributed by atoms with Gasteiger partial charge in [-0.15, -0.1) is 0 Å². The molecule has 8 heteroatoms. The lowest BCUT2D eigenvalue weighted by Gasteiger charge is -2.13. The number of aromatic amines is 1. The Kier molecular flexibility index (Phi) is 3.66. The molecule has 3 aromatic heterocycles. The number of rotatable bonds is 4. The normalized spacial score (nSPS) is 12.4. The molecule has 1 unspecified atom stereocenters. The highest BCUT2D eigenvalue weighted by Gasteiger charge is 2.16. The highest BCUT2D eigenvalue weighted by atomic mass is 19.1. The first-order chi connectivity index (χ1) is 12.1. The number of fused-ring (bicyclic) bond motifs is 1. The number of hydrogen-bond donors (Lipinski definition) is 3. The zero-order chi connectivity index (χ0) is 17.4. The molecule has 126 valence electrons. The molecule has 3 heterocycles. The van der Waals surface area contributed by atoms with Crippen molar-refractivity contribution in [2.75, 3.05) is 5.32 Å². The van der Waals surface area contributed by atoms with E-state index in [0.29, 0.717) is 17.5 Å². The maximum Gasteiger partial charge on any atom is 0.172 e. The molecule has 0 amide bonds. The summed E-state index contributed by atoms with van der Waals surface area (Å²) in [6.45, 7) is 1.92. The van der Waals surface area contributed by atoms with Crippen LogP contribution in [0.15, 0.2) is 48.7 Å². The van der Waals surface area contributed by atoms with E-state index in [2.05, 4.69) is 25.6 Å². The van der Waals surface area contributed by atoms with Gasteiger partial charge in [0.25, 0.3) is 0 Å². The van der Waals surface area contributed by atoms with Gasteiger partial charge in [-0.2, -0.15) is 10.2 Å². The number of hydrogen-bond acceptors (Lipinski definition) is 5. The van der Waals surface area contributed by atoms with E-state index < -0.39 is 6.04 Å². The second kappa shape index (κ2) is 5.99. The monoisotopic (exact) mass is 337 g/mol. The largest absolute Gasteiger partial charge is 0.322 e. The molecule has 25 heavy (non-hydrogen) atoms. The van der Waals surface area contributed by atoms with Crippen LogP contribution in [0.5, 0.6) is 0 Å². The quantitative estimate of drug-likeness (QED) is 0.532. The molecule has 0 fully saturated rings. The lowest BCUT2D eigenvalue weighted by atomic mass is 10.1. The molecule has 4 N–H and O–H groups in total. The lowest BCUT2D eigenvalue weighted by Crippen LogP contribution is -2.18. The van der Waals surface area contributed by atoms with E-state index in [-0.39, 0.29) is 5.82 Å². The third-order valence-electron chi connectivity index (χ3n) is 3.87. The molecule has 4 rings (SSSR count). The van der Waals surface area contributed by atoms with Gasteiger partial charge in [0, 0.05) is 18.0 Å². The number of halogens is 1. The zero-order valence-electron chi connectivity index (χ0n) is 13.4. The van der Waals surface area contributed by atoms with E-state index in [9.17, 15) is 4.39 Å². The molecule has 0 aliphatic heterocycles. The van der Waals surface area contributed by atoms with Gasteiger partial charge in [0.05, 0.1) is 6.04 Å². The smallest absolute Gasteiger partial charge is 0.172 e. The Hall–Kier alpha value is -3.26. The Morgan fingerprint density at radius 3 is 2.76 bits per heavy atom. The number of H-pyrrole nitrogens is 1. The Bertz CT molecular complexity index is 1020. The SMILES string of the molecule is Cc1cc(Nc2nc(C(N)c3ccc(F)cc3)nn3cccc23)n[nH]1. The van der Waals surface area contributed by atoms with Crippen molar-refractivity contribution in [2.24, 2.45) is 5.73 Å². The number of anilines is 2. The van der Waals surface area contributed by atoms with Crippen molar-refractivity contribution >= 4 is 17.2 Å². The fourth-order valence-corrected chi connectivity index (χ4v) is 2.60. The first-order valence-corrected chi connectivity index (χ1v) is 7.75. The first-order valence-electron chi connectivity index (χ1n) is 7.75. The minimum absolute atomic E-state index is 0.311. The lowest BCUT2D eigenvalue weighted by molar-refractivity contribution is 0.625. The van der Waals surface area contributed by atoms with Gasteiger partial charge < -0.3 is 11.1 Å². The number of aromatic nitrogens is 5. The van der Waals surface area contributed by atoms with Crippen molar-refractivity contribution in [1.82, 2.24) is 24.8 Å². The number of nitrogens with zero attached hydrogens (tertiary/aromatic N) is 4. The Labute approximate surface area is 142 Å². The zero-order valence-corrected chi connectivity index (χ0v) is 13.4. The Morgan fingerprint density at radius 2 is 2.04 bits per heavy atom. The predicted octanol–water partition coefficient (Wildman–Crippen LogP) is 2.69. The molecule has 0 bridgehead atoms. The van der Waals surface area contributed by atoms with E-state index >= 15 is 0 Å². The van der Waals surface area contributed by atoms with Crippen molar-refractivity contribution in [2.45, 2.75) is 13.0 Å². The number of aryl methyl sites for hydroxylation is 1. The van der Waals surface area contributed by atoms with E-state index in [4.69, 9.17) is 5.73 Å². The predicted molar refractivity (Wildman–Crippen MR) is 92.0 cm³/mol. The van der Waals surface area contributed by atoms with Crippen molar-refractivity contribution in [1.29, 1.82) is 0 Å². The van der Waals surface area contributed by atoms with E-state index in [0.717, 1.165) is 16.8 Å². The standard InChI is InChI=1S/C17H16FN7/c1-10-9-14(23-22-10)20-16-13-3-2-8-25(13)24-17(21-16)15(19)11-4-6-12(18)7-5-11/h2-9,15H,19H2,1H3,(H2,20,21,22,23,24). The Morgan fingerprint density at radius 1 is 1.24 bits per heavy atom. The molecule has 1 aromatic carbocycles. The summed E-state index contributed by atoms with van der Waals surface area (Å²) in [4.78, 5) is 4.56. The summed E-state index contributed by atoms with van der Waals surface area (Å²) < 4.78 is 14.8. The summed E-state index contributed by atoms with van der Waals surface area (Å²) in [7, 11) is 0. The van der Waals surface area contributed by atoms with Crippen LogP contribution in [0.3, 0.4) is 0 Å². The molecule has 0 saturated carbocycles. The topological polar surface area (TPSA) is 96.9 Å². The van der Waals surface area contributed by atoms with Crippen LogP contribution >= 0.6 is 0 Å². The maximum atomic E-state index is 13.1. The van der Waals surface area contributed by atoms with Crippen LogP contribution in [0, 0.1) is 12.7 Å². The summed E-state index contributed by atoms with van der Waals surface area (Å²) in [6.07, 6.45) is 1.82. The van der Waals surface area contributed by atoms with Gasteiger partial charge in [0.15, 0.2) is 17.5 Å². The highest BCUT2D eigenvalue weighted by molar-refractivity contribution is 5.72. The van der Waals surface area contributed by atoms with E-state index in [1.54, 1.807) is 16.6 Å². The molecule has 0 saturated heterocycles. The van der Waals surface area contributed by atoms with Crippen molar-refractivity contribution in [3.05, 3.63) is 71.6 Å². The fraction of sp³-hybridized carbons (Fsp3) is 0.118. The molecular formula is C17H16FN7. The van der Waals surface area contributed by atoms with Crippen LogP contribution in [0.2, 0.25) is 0 Å². The van der Waals surface area contributed by atoms with Crippen molar-refractivity contribution < 1.29 is 4.39 Å². The van der Waals surface area contributed by atoms with Gasteiger partial charge in [-0.25, -0.2) is 13.9 Å². The van der Waals surface area contributed by atoms with Gasteiger partial charge in [0.2, 0.25) is 0 Å². The van der Waals surface area contributed by atoms with Crippen LogP contribution in [0.4, 0.5) is 16.0 Å². The van der Waals surface area contributed by atoms with Crippen LogP contribution in [-0.2, 0) is 0 Å². The summed E-state index contributed by atoms with van der Waals surface area (Å²) in [6, 6.07) is 11.1. The average Bonchev–Trinajstić information content (AvgIpc) is 3.23. The summed E-state index contributed by atoms with van der Waals surface area (Å²) in [5.41, 5.74) is 8.75. The number of benzene rings is 1. The summed E-state index contributed by atoms with van der Waals surface area (Å²) >= 11 is 0. The minimum atomic E-state index is -0.575.